The lowest BCUT2D eigenvalue weighted by molar-refractivity contribution is 0.0390. The van der Waals surface area contributed by atoms with Gasteiger partial charge in [-0.1, -0.05) is 27.7 Å². The summed E-state index contributed by atoms with van der Waals surface area (Å²) in [5.41, 5.74) is 3.87. The number of hydrogen-bond acceptors (Lipinski definition) is 2. The lowest BCUT2D eigenvalue weighted by atomic mass is 9.75. The van der Waals surface area contributed by atoms with E-state index in [4.69, 9.17) is 5.73 Å². The number of hydrogen-bond donors (Lipinski definition) is 1. The van der Waals surface area contributed by atoms with Crippen molar-refractivity contribution in [3.05, 3.63) is 21.9 Å². The number of nitrogens with two attached hydrogens (primary N) is 1. The second-order valence-electron chi connectivity index (χ2n) is 5.32. The molecule has 0 aliphatic carbocycles. The van der Waals surface area contributed by atoms with Crippen LogP contribution in [0.4, 0.5) is 4.39 Å². The first-order valence-electron chi connectivity index (χ1n) is 5.79. The second-order valence-corrected chi connectivity index (χ2v) is 6.57. The molecule has 0 bridgehead atoms. The smallest absolute Gasteiger partial charge is 0.132 e. The predicted molar refractivity (Wildman–Crippen MR) is 69.7 cm³/mol. The average Bonchev–Trinajstić information content (AvgIpc) is 2.63. The van der Waals surface area contributed by atoms with E-state index in [0.29, 0.717) is 6.42 Å². The maximum Gasteiger partial charge on any atom is 0.132 e. The van der Waals surface area contributed by atoms with Crippen molar-refractivity contribution in [3.63, 3.8) is 0 Å². The summed E-state index contributed by atoms with van der Waals surface area (Å²) in [7, 11) is 0. The van der Waals surface area contributed by atoms with Gasteiger partial charge < -0.3 is 5.73 Å². The summed E-state index contributed by atoms with van der Waals surface area (Å²) in [6.45, 7) is 7.93. The summed E-state index contributed by atoms with van der Waals surface area (Å²) >= 11 is 1.70. The summed E-state index contributed by atoms with van der Waals surface area (Å²) in [5.74, 6) is 0. The summed E-state index contributed by atoms with van der Waals surface area (Å²) in [6.07, 6.45) is 1.44. The van der Waals surface area contributed by atoms with Gasteiger partial charge in [-0.25, -0.2) is 4.39 Å². The van der Waals surface area contributed by atoms with Gasteiger partial charge in [-0.15, -0.1) is 11.3 Å². The number of thiophene rings is 1. The molecule has 1 nitrogen and oxygen atoms in total. The zero-order chi connectivity index (χ0) is 12.4. The molecule has 0 aliphatic rings. The Kier molecular flexibility index (Phi) is 4.13. The Hall–Kier alpha value is -0.410. The van der Waals surface area contributed by atoms with Gasteiger partial charge in [0, 0.05) is 22.7 Å². The zero-order valence-electron chi connectivity index (χ0n) is 10.6. The Morgan fingerprint density at radius 1 is 1.25 bits per heavy atom. The largest absolute Gasteiger partial charge is 0.327 e. The fourth-order valence-corrected chi connectivity index (χ4v) is 2.68. The van der Waals surface area contributed by atoms with E-state index in [2.05, 4.69) is 13.0 Å². The molecule has 0 amide bonds. The van der Waals surface area contributed by atoms with E-state index < -0.39 is 11.1 Å². The zero-order valence-corrected chi connectivity index (χ0v) is 11.5. The molecule has 16 heavy (non-hydrogen) atoms. The van der Waals surface area contributed by atoms with Gasteiger partial charge in [-0.3, -0.25) is 0 Å². The summed E-state index contributed by atoms with van der Waals surface area (Å²) < 4.78 is 14.7. The molecule has 1 aromatic rings. The van der Waals surface area contributed by atoms with Crippen LogP contribution in [-0.2, 0) is 12.8 Å². The highest BCUT2D eigenvalue weighted by atomic mass is 32.1. The molecule has 0 spiro atoms. The van der Waals surface area contributed by atoms with Crippen LogP contribution >= 0.6 is 11.3 Å². The van der Waals surface area contributed by atoms with E-state index >= 15 is 0 Å². The van der Waals surface area contributed by atoms with Gasteiger partial charge >= 0.3 is 0 Å². The first kappa shape index (κ1) is 13.7. The normalized spacial score (nSPS) is 16.1. The fourth-order valence-electron chi connectivity index (χ4n) is 1.63. The van der Waals surface area contributed by atoms with Crippen LogP contribution in [0.2, 0.25) is 0 Å². The molecule has 2 N–H and O–H groups in total. The lowest BCUT2D eigenvalue weighted by Gasteiger charge is -2.36. The molecule has 1 aromatic heterocycles. The molecule has 0 aromatic carbocycles. The Morgan fingerprint density at radius 2 is 1.81 bits per heavy atom. The quantitative estimate of drug-likeness (QED) is 0.859. The highest BCUT2D eigenvalue weighted by molar-refractivity contribution is 7.12. The van der Waals surface area contributed by atoms with Crippen LogP contribution in [0.3, 0.4) is 0 Å². The van der Waals surface area contributed by atoms with E-state index in [9.17, 15) is 4.39 Å². The molecule has 0 aliphatic heterocycles. The van der Waals surface area contributed by atoms with Crippen LogP contribution in [0.1, 0.15) is 37.4 Å². The molecule has 1 unspecified atom stereocenters. The van der Waals surface area contributed by atoms with Crippen LogP contribution in [0, 0.1) is 5.41 Å². The second kappa shape index (κ2) is 4.84. The molecule has 0 saturated carbocycles. The molecule has 0 saturated heterocycles. The molecule has 1 atom stereocenters. The average molecular weight is 243 g/mol. The summed E-state index contributed by atoms with van der Waals surface area (Å²) in [5, 5.41) is 0. The van der Waals surface area contributed by atoms with Crippen molar-refractivity contribution in [2.24, 2.45) is 11.1 Å². The lowest BCUT2D eigenvalue weighted by Crippen LogP contribution is -2.46. The number of alkyl halides is 1. The number of aryl methyl sites for hydroxylation is 1. The van der Waals surface area contributed by atoms with E-state index in [1.807, 2.05) is 26.8 Å². The maximum absolute atomic E-state index is 14.7. The number of halogens is 1. The van der Waals surface area contributed by atoms with Crippen LogP contribution < -0.4 is 5.73 Å². The summed E-state index contributed by atoms with van der Waals surface area (Å²) in [4.78, 5) is 2.41. The molecule has 1 rings (SSSR count). The minimum absolute atomic E-state index is 0.0792. The Bertz CT molecular complexity index is 340. The third-order valence-corrected chi connectivity index (χ3v) is 4.42. The van der Waals surface area contributed by atoms with Gasteiger partial charge in [-0.2, -0.15) is 0 Å². The van der Waals surface area contributed by atoms with Crippen molar-refractivity contribution in [1.82, 2.24) is 0 Å². The van der Waals surface area contributed by atoms with Crippen molar-refractivity contribution in [3.8, 4) is 0 Å². The van der Waals surface area contributed by atoms with Crippen molar-refractivity contribution in [2.45, 2.75) is 46.2 Å². The molecule has 0 radical (unpaired) electrons. The fraction of sp³-hybridized carbons (Fsp3) is 0.692. The Balaban J connectivity index is 2.85. The van der Waals surface area contributed by atoms with Crippen LogP contribution in [0.5, 0.6) is 0 Å². The van der Waals surface area contributed by atoms with Crippen molar-refractivity contribution < 1.29 is 4.39 Å². The first-order chi connectivity index (χ1) is 7.32. The first-order valence-corrected chi connectivity index (χ1v) is 6.60. The van der Waals surface area contributed by atoms with Gasteiger partial charge in [0.1, 0.15) is 5.67 Å². The third-order valence-electron chi connectivity index (χ3n) is 3.19. The van der Waals surface area contributed by atoms with Gasteiger partial charge in [-0.05, 0) is 24.0 Å². The topological polar surface area (TPSA) is 26.0 Å². The minimum atomic E-state index is -1.32. The van der Waals surface area contributed by atoms with Crippen LogP contribution in [-0.4, -0.2) is 12.2 Å². The van der Waals surface area contributed by atoms with Crippen molar-refractivity contribution in [2.75, 3.05) is 6.54 Å². The maximum atomic E-state index is 14.7. The Morgan fingerprint density at radius 3 is 2.19 bits per heavy atom. The standard InChI is InChI=1S/C13H22FNS/c1-5-10-6-7-11(16-10)8-13(14,9-15)12(2,3)4/h6-7H,5,8-9,15H2,1-4H3. The molecular weight excluding hydrogens is 221 g/mol. The van der Waals surface area contributed by atoms with Crippen molar-refractivity contribution in [1.29, 1.82) is 0 Å². The third kappa shape index (κ3) is 2.83. The predicted octanol–water partition coefficient (Wildman–Crippen LogP) is 3.57. The summed E-state index contributed by atoms with van der Waals surface area (Å²) in [6, 6.07) is 4.11. The SMILES string of the molecule is CCc1ccc(CC(F)(CN)C(C)(C)C)s1. The van der Waals surface area contributed by atoms with Gasteiger partial charge in [0.2, 0.25) is 0 Å². The van der Waals surface area contributed by atoms with Gasteiger partial charge in [0.25, 0.3) is 0 Å². The highest BCUT2D eigenvalue weighted by Gasteiger charge is 2.41. The molecule has 0 fully saturated rings. The molecule has 1 heterocycles. The van der Waals surface area contributed by atoms with Crippen LogP contribution in [0.15, 0.2) is 12.1 Å². The van der Waals surface area contributed by atoms with E-state index in [-0.39, 0.29) is 6.54 Å². The van der Waals surface area contributed by atoms with Crippen LogP contribution in [0.25, 0.3) is 0 Å². The number of rotatable bonds is 4. The van der Waals surface area contributed by atoms with E-state index in [0.717, 1.165) is 11.3 Å². The van der Waals surface area contributed by atoms with E-state index in [1.54, 1.807) is 11.3 Å². The van der Waals surface area contributed by atoms with Gasteiger partial charge in [0.05, 0.1) is 0 Å². The highest BCUT2D eigenvalue weighted by Crippen LogP contribution is 2.37. The monoisotopic (exact) mass is 243 g/mol. The molecule has 3 heteroatoms. The minimum Gasteiger partial charge on any atom is -0.327 e. The van der Waals surface area contributed by atoms with E-state index in [1.165, 1.54) is 4.88 Å². The Labute approximate surface area is 102 Å². The molecular formula is C13H22FNS. The molecule has 92 valence electrons. The van der Waals surface area contributed by atoms with Gasteiger partial charge in [0.15, 0.2) is 0 Å². The van der Waals surface area contributed by atoms with Crippen molar-refractivity contribution >= 4 is 11.3 Å².